The van der Waals surface area contributed by atoms with Crippen molar-refractivity contribution in [2.75, 3.05) is 5.32 Å². The fourth-order valence-electron chi connectivity index (χ4n) is 2.12. The first-order valence-electron chi connectivity index (χ1n) is 8.30. The lowest BCUT2D eigenvalue weighted by Gasteiger charge is -2.18. The number of esters is 1. The summed E-state index contributed by atoms with van der Waals surface area (Å²) in [5.74, 6) is -0.890. The number of ether oxygens (including phenoxy) is 1. The van der Waals surface area contributed by atoms with Gasteiger partial charge in [0.15, 0.2) is 6.10 Å². The first-order valence-corrected chi connectivity index (χ1v) is 9.18. The van der Waals surface area contributed by atoms with Gasteiger partial charge in [0.25, 0.3) is 0 Å². The molecule has 0 fully saturated rings. The zero-order valence-corrected chi connectivity index (χ0v) is 16.4. The van der Waals surface area contributed by atoms with Crippen molar-refractivity contribution in [3.8, 4) is 0 Å². The van der Waals surface area contributed by atoms with Gasteiger partial charge in [-0.3, -0.25) is 9.59 Å². The van der Waals surface area contributed by atoms with Crippen LogP contribution in [-0.4, -0.2) is 23.8 Å². The molecule has 1 amide bonds. The molecule has 1 atom stereocenters. The highest BCUT2D eigenvalue weighted by Gasteiger charge is 2.23. The maximum atomic E-state index is 12.5. The summed E-state index contributed by atoms with van der Waals surface area (Å²) in [6.07, 6.45) is -0.890. The maximum absolute atomic E-state index is 12.5. The molecule has 0 saturated heterocycles. The average molecular weight is 373 g/mol. The van der Waals surface area contributed by atoms with Crippen LogP contribution in [0.4, 0.5) is 5.69 Å². The van der Waals surface area contributed by atoms with Crippen LogP contribution in [0.3, 0.4) is 0 Å². The Kier molecular flexibility index (Phi) is 5.97. The van der Waals surface area contributed by atoms with Gasteiger partial charge in [-0.15, -0.1) is 11.3 Å². The fourth-order valence-corrected chi connectivity index (χ4v) is 2.93. The van der Waals surface area contributed by atoms with Gasteiger partial charge >= 0.3 is 5.97 Å². The predicted octanol–water partition coefficient (Wildman–Crippen LogP) is 4.47. The number of hydrogen-bond acceptors (Lipinski definition) is 5. The highest BCUT2D eigenvalue weighted by atomic mass is 32.1. The Hall–Kier alpha value is -2.47. The Morgan fingerprint density at radius 1 is 1.08 bits per heavy atom. The number of ketones is 1. The Morgan fingerprint density at radius 3 is 2.19 bits per heavy atom. The van der Waals surface area contributed by atoms with Crippen LogP contribution in [0, 0.1) is 12.3 Å². The lowest BCUT2D eigenvalue weighted by molar-refractivity contribution is -0.123. The predicted molar refractivity (Wildman–Crippen MR) is 103 cm³/mol. The van der Waals surface area contributed by atoms with Crippen LogP contribution in [0.2, 0.25) is 0 Å². The molecule has 0 unspecified atom stereocenters. The van der Waals surface area contributed by atoms with Gasteiger partial charge in [-0.1, -0.05) is 20.8 Å². The molecule has 6 heteroatoms. The van der Waals surface area contributed by atoms with E-state index in [1.807, 2.05) is 39.1 Å². The Bertz CT molecular complexity index is 815. The molecule has 1 heterocycles. The summed E-state index contributed by atoms with van der Waals surface area (Å²) in [6.45, 7) is 8.85. The van der Waals surface area contributed by atoms with Gasteiger partial charge in [-0.05, 0) is 55.1 Å². The van der Waals surface area contributed by atoms with E-state index < -0.39 is 17.5 Å². The molecule has 0 aliphatic carbocycles. The van der Waals surface area contributed by atoms with E-state index in [0.29, 0.717) is 16.1 Å². The number of nitrogens with one attached hydrogen (secondary N) is 1. The van der Waals surface area contributed by atoms with Gasteiger partial charge in [-0.25, -0.2) is 4.79 Å². The normalized spacial score (nSPS) is 12.3. The average Bonchev–Trinajstić information content (AvgIpc) is 3.00. The second kappa shape index (κ2) is 7.83. The molecule has 1 aromatic carbocycles. The van der Waals surface area contributed by atoms with Crippen molar-refractivity contribution in [3.63, 3.8) is 0 Å². The topological polar surface area (TPSA) is 72.5 Å². The molecule has 0 bridgehead atoms. The monoisotopic (exact) mass is 373 g/mol. The summed E-state index contributed by atoms with van der Waals surface area (Å²) in [5.41, 5.74) is 1.36. The van der Waals surface area contributed by atoms with Crippen molar-refractivity contribution in [2.24, 2.45) is 5.41 Å². The largest absolute Gasteiger partial charge is 0.450 e. The van der Waals surface area contributed by atoms with Crippen LogP contribution < -0.4 is 5.32 Å². The zero-order valence-electron chi connectivity index (χ0n) is 15.6. The van der Waals surface area contributed by atoms with Crippen molar-refractivity contribution in [2.45, 2.75) is 40.7 Å². The summed E-state index contributed by atoms with van der Waals surface area (Å²) in [7, 11) is 0. The van der Waals surface area contributed by atoms with Gasteiger partial charge < -0.3 is 10.1 Å². The Morgan fingerprint density at radius 2 is 1.69 bits per heavy atom. The number of carbonyl (C=O) groups is 3. The number of Topliss-reactive ketones (excluding diaryl/α,β-unsaturated/α-hetero) is 1. The van der Waals surface area contributed by atoms with E-state index in [4.69, 9.17) is 4.74 Å². The SMILES string of the molecule is Cc1ccsc1C(=O)O[C@@H](C)C(=O)c1ccc(NC(=O)C(C)(C)C)cc1. The van der Waals surface area contributed by atoms with Crippen LogP contribution in [-0.2, 0) is 9.53 Å². The van der Waals surface area contributed by atoms with Crippen LogP contribution in [0.25, 0.3) is 0 Å². The molecule has 0 spiro atoms. The number of amides is 1. The summed E-state index contributed by atoms with van der Waals surface area (Å²) in [4.78, 5) is 37.1. The number of thiophene rings is 1. The number of hydrogen-bond donors (Lipinski definition) is 1. The first-order chi connectivity index (χ1) is 12.1. The van der Waals surface area contributed by atoms with Crippen molar-refractivity contribution >= 4 is 34.7 Å². The van der Waals surface area contributed by atoms with Crippen LogP contribution in [0.5, 0.6) is 0 Å². The van der Waals surface area contributed by atoms with Crippen molar-refractivity contribution < 1.29 is 19.1 Å². The van der Waals surface area contributed by atoms with E-state index in [2.05, 4.69) is 5.32 Å². The molecule has 0 saturated carbocycles. The third-order valence-electron chi connectivity index (χ3n) is 3.81. The second-order valence-electron chi connectivity index (χ2n) is 7.13. The number of benzene rings is 1. The molecule has 5 nitrogen and oxygen atoms in total. The highest BCUT2D eigenvalue weighted by molar-refractivity contribution is 7.12. The number of rotatable bonds is 5. The van der Waals surface area contributed by atoms with E-state index in [1.165, 1.54) is 11.3 Å². The Balaban J connectivity index is 2.02. The quantitative estimate of drug-likeness (QED) is 0.620. The lowest BCUT2D eigenvalue weighted by Crippen LogP contribution is -2.27. The molecule has 2 aromatic rings. The van der Waals surface area contributed by atoms with Gasteiger partial charge in [-0.2, -0.15) is 0 Å². The lowest BCUT2D eigenvalue weighted by atomic mass is 9.95. The van der Waals surface area contributed by atoms with Crippen LogP contribution in [0.15, 0.2) is 35.7 Å². The highest BCUT2D eigenvalue weighted by Crippen LogP contribution is 2.20. The minimum absolute atomic E-state index is 0.106. The number of carbonyl (C=O) groups excluding carboxylic acids is 3. The van der Waals surface area contributed by atoms with E-state index in [1.54, 1.807) is 31.2 Å². The molecule has 0 radical (unpaired) electrons. The molecular weight excluding hydrogens is 350 g/mol. The summed E-state index contributed by atoms with van der Waals surface area (Å²) in [5, 5.41) is 4.61. The van der Waals surface area contributed by atoms with Gasteiger partial charge in [0.1, 0.15) is 4.88 Å². The fraction of sp³-hybridized carbons (Fsp3) is 0.350. The third kappa shape index (κ3) is 4.79. The molecule has 138 valence electrons. The van der Waals surface area contributed by atoms with E-state index >= 15 is 0 Å². The van der Waals surface area contributed by atoms with Crippen molar-refractivity contribution in [3.05, 3.63) is 51.7 Å². The summed E-state index contributed by atoms with van der Waals surface area (Å²) >= 11 is 1.29. The smallest absolute Gasteiger partial charge is 0.349 e. The molecule has 1 N–H and O–H groups in total. The van der Waals surface area contributed by atoms with E-state index in [0.717, 1.165) is 5.56 Å². The van der Waals surface area contributed by atoms with E-state index in [9.17, 15) is 14.4 Å². The minimum atomic E-state index is -0.890. The molecule has 0 aliphatic heterocycles. The van der Waals surface area contributed by atoms with Gasteiger partial charge in [0.2, 0.25) is 11.7 Å². The van der Waals surface area contributed by atoms with E-state index in [-0.39, 0.29) is 11.7 Å². The number of aryl methyl sites for hydroxylation is 1. The van der Waals surface area contributed by atoms with Crippen LogP contribution >= 0.6 is 11.3 Å². The number of anilines is 1. The summed E-state index contributed by atoms with van der Waals surface area (Å²) in [6, 6.07) is 8.38. The van der Waals surface area contributed by atoms with Crippen molar-refractivity contribution in [1.29, 1.82) is 0 Å². The molecule has 2 rings (SSSR count). The molecule has 1 aromatic heterocycles. The minimum Gasteiger partial charge on any atom is -0.450 e. The molecular formula is C20H23NO4S. The standard InChI is InChI=1S/C20H23NO4S/c1-12-10-11-26-17(12)18(23)25-13(2)16(22)14-6-8-15(9-7-14)21-19(24)20(3,4)5/h6-11,13H,1-5H3,(H,21,24)/t13-/m0/s1. The zero-order chi connectivity index (χ0) is 19.5. The summed E-state index contributed by atoms with van der Waals surface area (Å²) < 4.78 is 5.28. The second-order valence-corrected chi connectivity index (χ2v) is 8.04. The van der Waals surface area contributed by atoms with Crippen molar-refractivity contribution in [1.82, 2.24) is 0 Å². The maximum Gasteiger partial charge on any atom is 0.349 e. The first kappa shape index (κ1) is 19.8. The van der Waals surface area contributed by atoms with Crippen LogP contribution in [0.1, 0.15) is 53.3 Å². The third-order valence-corrected chi connectivity index (χ3v) is 4.81. The van der Waals surface area contributed by atoms with Gasteiger partial charge in [0.05, 0.1) is 0 Å². The molecule has 26 heavy (non-hydrogen) atoms. The van der Waals surface area contributed by atoms with Gasteiger partial charge in [0, 0.05) is 16.7 Å². The molecule has 0 aliphatic rings. The Labute approximate surface area is 157 Å².